The molecular weight excluding hydrogens is 316 g/mol. The number of benzene rings is 2. The van der Waals surface area contributed by atoms with Crippen molar-refractivity contribution in [3.8, 4) is 0 Å². The zero-order valence-corrected chi connectivity index (χ0v) is 14.3. The number of hydrogen-bond acceptors (Lipinski definition) is 3. The lowest BCUT2D eigenvalue weighted by Gasteiger charge is -2.24. The molecule has 1 fully saturated rings. The van der Waals surface area contributed by atoms with E-state index in [1.807, 2.05) is 35.2 Å². The summed E-state index contributed by atoms with van der Waals surface area (Å²) in [6, 6.07) is 18.5. The van der Waals surface area contributed by atoms with E-state index in [0.29, 0.717) is 10.9 Å². The quantitative estimate of drug-likeness (QED) is 0.679. The Morgan fingerprint density at radius 3 is 2.67 bits per heavy atom. The van der Waals surface area contributed by atoms with Gasteiger partial charge in [-0.3, -0.25) is 4.79 Å². The summed E-state index contributed by atoms with van der Waals surface area (Å²) in [6.07, 6.45) is 3.39. The summed E-state index contributed by atoms with van der Waals surface area (Å²) < 4.78 is 1.08. The first kappa shape index (κ1) is 15.3. The van der Waals surface area contributed by atoms with Crippen LogP contribution in [0, 0.1) is 0 Å². The van der Waals surface area contributed by atoms with Crippen LogP contribution in [0.15, 0.2) is 54.6 Å². The summed E-state index contributed by atoms with van der Waals surface area (Å²) >= 11 is 1.50. The summed E-state index contributed by atoms with van der Waals surface area (Å²) in [4.78, 5) is 19.5. The van der Waals surface area contributed by atoms with Crippen molar-refractivity contribution in [2.24, 2.45) is 0 Å². The molecule has 3 aromatic rings. The Morgan fingerprint density at radius 1 is 1.04 bits per heavy atom. The second-order valence-corrected chi connectivity index (χ2v) is 7.37. The van der Waals surface area contributed by atoms with Crippen LogP contribution in [-0.2, 0) is 0 Å². The SMILES string of the molecule is O=C(c1nc2ccccc2s1)N1CCCC[C@H](c2ccccc2)C1. The van der Waals surface area contributed by atoms with Crippen LogP contribution < -0.4 is 0 Å². The number of hydrogen-bond donors (Lipinski definition) is 0. The predicted molar refractivity (Wildman–Crippen MR) is 98.6 cm³/mol. The minimum Gasteiger partial charge on any atom is -0.336 e. The first-order valence-electron chi connectivity index (χ1n) is 8.51. The maximum atomic E-state index is 13.0. The summed E-state index contributed by atoms with van der Waals surface area (Å²) in [7, 11) is 0. The zero-order chi connectivity index (χ0) is 16.4. The number of para-hydroxylation sites is 1. The smallest absolute Gasteiger partial charge is 0.282 e. The second kappa shape index (κ2) is 6.73. The molecule has 122 valence electrons. The minimum absolute atomic E-state index is 0.0824. The molecule has 3 nitrogen and oxygen atoms in total. The van der Waals surface area contributed by atoms with Gasteiger partial charge in [-0.05, 0) is 30.5 Å². The van der Waals surface area contributed by atoms with Crippen molar-refractivity contribution in [1.82, 2.24) is 9.88 Å². The van der Waals surface area contributed by atoms with E-state index in [1.54, 1.807) is 0 Å². The van der Waals surface area contributed by atoms with E-state index in [4.69, 9.17) is 0 Å². The van der Waals surface area contributed by atoms with Gasteiger partial charge in [-0.1, -0.05) is 48.9 Å². The average Bonchev–Trinajstić information content (AvgIpc) is 2.91. The van der Waals surface area contributed by atoms with Gasteiger partial charge in [0, 0.05) is 19.0 Å². The maximum Gasteiger partial charge on any atom is 0.282 e. The standard InChI is InChI=1S/C20H20N2OS/c23-20(19-21-17-11-4-5-12-18(17)24-19)22-13-7-6-10-16(14-22)15-8-2-1-3-9-15/h1-5,8-9,11-12,16H,6-7,10,13-14H2/t16-/m0/s1. The molecule has 1 atom stereocenters. The third kappa shape index (κ3) is 3.06. The van der Waals surface area contributed by atoms with Gasteiger partial charge in [0.1, 0.15) is 0 Å². The number of nitrogens with zero attached hydrogens (tertiary/aromatic N) is 2. The Kier molecular flexibility index (Phi) is 4.30. The third-order valence-corrected chi connectivity index (χ3v) is 5.73. The van der Waals surface area contributed by atoms with Gasteiger partial charge in [0.2, 0.25) is 0 Å². The summed E-state index contributed by atoms with van der Waals surface area (Å²) in [6.45, 7) is 1.62. The molecule has 1 amide bonds. The van der Waals surface area contributed by atoms with Gasteiger partial charge in [-0.2, -0.15) is 0 Å². The van der Waals surface area contributed by atoms with Crippen LogP contribution in [0.1, 0.15) is 40.5 Å². The highest BCUT2D eigenvalue weighted by molar-refractivity contribution is 7.20. The van der Waals surface area contributed by atoms with Gasteiger partial charge < -0.3 is 4.90 Å². The fourth-order valence-corrected chi connectivity index (χ4v) is 4.36. The van der Waals surface area contributed by atoms with Crippen molar-refractivity contribution >= 4 is 27.5 Å². The Labute approximate surface area is 146 Å². The lowest BCUT2D eigenvalue weighted by atomic mass is 9.94. The number of fused-ring (bicyclic) bond motifs is 1. The molecule has 4 rings (SSSR count). The molecule has 0 spiro atoms. The molecular formula is C20H20N2OS. The summed E-state index contributed by atoms with van der Waals surface area (Å²) in [5.74, 6) is 0.506. The number of amides is 1. The number of carbonyl (C=O) groups is 1. The molecule has 2 aromatic carbocycles. The molecule has 0 N–H and O–H groups in total. The molecule has 0 unspecified atom stereocenters. The number of carbonyl (C=O) groups excluding carboxylic acids is 1. The molecule has 2 heterocycles. The van der Waals surface area contributed by atoms with Gasteiger partial charge in [-0.15, -0.1) is 11.3 Å². The molecule has 0 aliphatic carbocycles. The molecule has 0 saturated carbocycles. The lowest BCUT2D eigenvalue weighted by Crippen LogP contribution is -2.34. The Morgan fingerprint density at radius 2 is 1.83 bits per heavy atom. The molecule has 1 aliphatic rings. The zero-order valence-electron chi connectivity index (χ0n) is 13.5. The monoisotopic (exact) mass is 336 g/mol. The highest BCUT2D eigenvalue weighted by atomic mass is 32.1. The number of thiazole rings is 1. The fourth-order valence-electron chi connectivity index (χ4n) is 3.42. The van der Waals surface area contributed by atoms with Crippen molar-refractivity contribution < 1.29 is 4.79 Å². The van der Waals surface area contributed by atoms with E-state index in [1.165, 1.54) is 23.3 Å². The van der Waals surface area contributed by atoms with E-state index in [0.717, 1.165) is 36.1 Å². The minimum atomic E-state index is 0.0824. The number of likely N-dealkylation sites (tertiary alicyclic amines) is 1. The average molecular weight is 336 g/mol. The summed E-state index contributed by atoms with van der Waals surface area (Å²) in [5, 5.41) is 0.616. The molecule has 1 saturated heterocycles. The molecule has 1 aliphatic heterocycles. The van der Waals surface area contributed by atoms with Gasteiger partial charge in [-0.25, -0.2) is 4.98 Å². The van der Waals surface area contributed by atoms with Crippen LogP contribution >= 0.6 is 11.3 Å². The number of rotatable bonds is 2. The largest absolute Gasteiger partial charge is 0.336 e. The van der Waals surface area contributed by atoms with E-state index in [9.17, 15) is 4.79 Å². The van der Waals surface area contributed by atoms with E-state index < -0.39 is 0 Å². The van der Waals surface area contributed by atoms with Crippen molar-refractivity contribution in [2.75, 3.05) is 13.1 Å². The number of aromatic nitrogens is 1. The highest BCUT2D eigenvalue weighted by Crippen LogP contribution is 2.28. The van der Waals surface area contributed by atoms with Crippen molar-refractivity contribution in [3.05, 3.63) is 65.2 Å². The maximum absolute atomic E-state index is 13.0. The van der Waals surface area contributed by atoms with Crippen LogP contribution in [0.25, 0.3) is 10.2 Å². The van der Waals surface area contributed by atoms with Crippen molar-refractivity contribution in [1.29, 1.82) is 0 Å². The predicted octanol–water partition coefficient (Wildman–Crippen LogP) is 4.71. The first-order valence-corrected chi connectivity index (χ1v) is 9.33. The van der Waals surface area contributed by atoms with Gasteiger partial charge in [0.05, 0.1) is 10.2 Å². The van der Waals surface area contributed by atoms with Crippen LogP contribution in [0.3, 0.4) is 0 Å². The van der Waals surface area contributed by atoms with Crippen LogP contribution in [0.5, 0.6) is 0 Å². The van der Waals surface area contributed by atoms with Crippen molar-refractivity contribution in [2.45, 2.75) is 25.2 Å². The van der Waals surface area contributed by atoms with Crippen LogP contribution in [0.4, 0.5) is 0 Å². The van der Waals surface area contributed by atoms with Gasteiger partial charge in [0.25, 0.3) is 5.91 Å². The first-order chi connectivity index (χ1) is 11.8. The van der Waals surface area contributed by atoms with Crippen molar-refractivity contribution in [3.63, 3.8) is 0 Å². The Bertz CT molecular complexity index is 810. The van der Waals surface area contributed by atoms with Gasteiger partial charge in [0.15, 0.2) is 5.01 Å². The molecule has 24 heavy (non-hydrogen) atoms. The topological polar surface area (TPSA) is 33.2 Å². The van der Waals surface area contributed by atoms with Crippen LogP contribution in [-0.4, -0.2) is 28.9 Å². The lowest BCUT2D eigenvalue weighted by molar-refractivity contribution is 0.0754. The van der Waals surface area contributed by atoms with E-state index in [-0.39, 0.29) is 5.91 Å². The molecule has 1 aromatic heterocycles. The second-order valence-electron chi connectivity index (χ2n) is 6.34. The summed E-state index contributed by atoms with van der Waals surface area (Å²) in [5.41, 5.74) is 2.25. The van der Waals surface area contributed by atoms with E-state index >= 15 is 0 Å². The van der Waals surface area contributed by atoms with Crippen LogP contribution in [0.2, 0.25) is 0 Å². The normalized spacial score (nSPS) is 18.5. The van der Waals surface area contributed by atoms with Gasteiger partial charge >= 0.3 is 0 Å². The highest BCUT2D eigenvalue weighted by Gasteiger charge is 2.25. The third-order valence-electron chi connectivity index (χ3n) is 4.71. The van der Waals surface area contributed by atoms with E-state index in [2.05, 4.69) is 29.2 Å². The molecule has 0 bridgehead atoms. The Balaban J connectivity index is 1.58. The fraction of sp³-hybridized carbons (Fsp3) is 0.300. The molecule has 4 heteroatoms. The Hall–Kier alpha value is -2.20. The molecule has 0 radical (unpaired) electrons.